The highest BCUT2D eigenvalue weighted by atomic mass is 16.3. The minimum absolute atomic E-state index is 0.359. The highest BCUT2D eigenvalue weighted by Crippen LogP contribution is 2.16. The maximum atomic E-state index is 12.4. The molecule has 0 bridgehead atoms. The Kier molecular flexibility index (Phi) is 44.4. The number of nitrogens with one attached hydrogen (secondary N) is 1. The number of allylic oxidation sites excluding steroid dienone is 6. The molecule has 0 saturated heterocycles. The predicted octanol–water partition coefficient (Wildman–Crippen LogP) is 13.7. The molecule has 0 aromatic heterocycles. The Hall–Kier alpha value is -1.47. The number of rotatable bonds is 45. The number of carbonyl (C=O) groups is 1. The molecule has 0 radical (unpaired) electrons. The predicted molar refractivity (Wildman–Crippen MR) is 247 cm³/mol. The van der Waals surface area contributed by atoms with Gasteiger partial charge in [0.2, 0.25) is 5.91 Å². The lowest BCUT2D eigenvalue weighted by atomic mass is 10.00. The molecule has 0 aliphatic carbocycles. The largest absolute Gasteiger partial charge is 0.394 e. The molecule has 6 nitrogen and oxygen atoms in total. The van der Waals surface area contributed by atoms with E-state index in [0.717, 1.165) is 51.4 Å². The summed E-state index contributed by atoms with van der Waals surface area (Å²) in [5.41, 5.74) is 0. The summed E-state index contributed by atoms with van der Waals surface area (Å²) in [6.45, 7) is 4.01. The zero-order valence-electron chi connectivity index (χ0n) is 37.8. The van der Waals surface area contributed by atoms with E-state index in [-0.39, 0.29) is 0 Å². The third kappa shape index (κ3) is 39.7. The van der Waals surface area contributed by atoms with Gasteiger partial charge in [0.15, 0.2) is 0 Å². The lowest BCUT2D eigenvalue weighted by molar-refractivity contribution is -0.132. The summed E-state index contributed by atoms with van der Waals surface area (Å²) < 4.78 is 0. The molecule has 0 saturated carbocycles. The standard InChI is InChI=1S/C51H97NO5/c1-3-5-7-9-11-13-14-15-16-17-18-19-20-21-22-23-24-25-26-27-28-29-30-31-32-33-34-35-37-38-40-42-44-48(54)50(56)47(46-53)52-51(57)49(55)45-43-41-39-36-12-10-8-6-4-2/h28-29,32-33,37-38,47-50,53-56H,3-27,30-31,34-36,39-46H2,1-2H3,(H,52,57)/b29-28+,33-32+,38-37+. The molecule has 4 atom stereocenters. The van der Waals surface area contributed by atoms with Crippen LogP contribution in [0.1, 0.15) is 251 Å². The molecule has 1 amide bonds. The van der Waals surface area contributed by atoms with Gasteiger partial charge in [-0.2, -0.15) is 0 Å². The Bertz CT molecular complexity index is 904. The molecule has 57 heavy (non-hydrogen) atoms. The van der Waals surface area contributed by atoms with E-state index in [4.69, 9.17) is 0 Å². The summed E-state index contributed by atoms with van der Waals surface area (Å²) in [4.78, 5) is 12.4. The first-order valence-electron chi connectivity index (χ1n) is 24.9. The van der Waals surface area contributed by atoms with Crippen molar-refractivity contribution in [1.82, 2.24) is 5.32 Å². The second kappa shape index (κ2) is 45.6. The molecule has 0 aliphatic heterocycles. The maximum absolute atomic E-state index is 12.4. The van der Waals surface area contributed by atoms with E-state index in [2.05, 4.69) is 55.6 Å². The number of aliphatic hydroxyl groups is 4. The zero-order chi connectivity index (χ0) is 41.7. The maximum Gasteiger partial charge on any atom is 0.249 e. The van der Waals surface area contributed by atoms with E-state index >= 15 is 0 Å². The molecule has 0 aromatic rings. The smallest absolute Gasteiger partial charge is 0.249 e. The van der Waals surface area contributed by atoms with E-state index in [1.807, 2.05) is 0 Å². The Morgan fingerprint density at radius 2 is 0.737 bits per heavy atom. The van der Waals surface area contributed by atoms with Crippen molar-refractivity contribution in [2.24, 2.45) is 0 Å². The number of carbonyl (C=O) groups excluding carboxylic acids is 1. The number of hydrogen-bond acceptors (Lipinski definition) is 5. The topological polar surface area (TPSA) is 110 Å². The van der Waals surface area contributed by atoms with Gasteiger partial charge in [-0.05, 0) is 64.2 Å². The van der Waals surface area contributed by atoms with Crippen LogP contribution in [0.25, 0.3) is 0 Å². The van der Waals surface area contributed by atoms with Crippen molar-refractivity contribution in [2.45, 2.75) is 276 Å². The van der Waals surface area contributed by atoms with Crippen LogP contribution in [0.15, 0.2) is 36.5 Å². The summed E-state index contributed by atoms with van der Waals surface area (Å²) in [7, 11) is 0. The van der Waals surface area contributed by atoms with Crippen molar-refractivity contribution in [3.05, 3.63) is 36.5 Å². The van der Waals surface area contributed by atoms with Gasteiger partial charge in [-0.15, -0.1) is 0 Å². The van der Waals surface area contributed by atoms with E-state index in [9.17, 15) is 25.2 Å². The molecular formula is C51H97NO5. The second-order valence-corrected chi connectivity index (χ2v) is 17.1. The quantitative estimate of drug-likeness (QED) is 0.0311. The highest BCUT2D eigenvalue weighted by Gasteiger charge is 2.28. The van der Waals surface area contributed by atoms with Crippen molar-refractivity contribution < 1.29 is 25.2 Å². The molecule has 0 aliphatic rings. The van der Waals surface area contributed by atoms with Crippen molar-refractivity contribution in [3.63, 3.8) is 0 Å². The van der Waals surface area contributed by atoms with Crippen molar-refractivity contribution in [1.29, 1.82) is 0 Å². The van der Waals surface area contributed by atoms with Crippen LogP contribution in [0, 0.1) is 0 Å². The Balaban J connectivity index is 3.65. The van der Waals surface area contributed by atoms with Crippen LogP contribution >= 0.6 is 0 Å². The number of hydrogen-bond donors (Lipinski definition) is 5. The summed E-state index contributed by atoms with van der Waals surface area (Å²) in [5.74, 6) is -0.602. The molecular weight excluding hydrogens is 707 g/mol. The van der Waals surface area contributed by atoms with Crippen LogP contribution in [-0.4, -0.2) is 57.3 Å². The first-order chi connectivity index (χ1) is 28.0. The monoisotopic (exact) mass is 804 g/mol. The molecule has 0 spiro atoms. The number of amides is 1. The van der Waals surface area contributed by atoms with Crippen LogP contribution in [-0.2, 0) is 4.79 Å². The fourth-order valence-electron chi connectivity index (χ4n) is 7.61. The van der Waals surface area contributed by atoms with Crippen LogP contribution in [0.5, 0.6) is 0 Å². The second-order valence-electron chi connectivity index (χ2n) is 17.1. The Morgan fingerprint density at radius 1 is 0.421 bits per heavy atom. The van der Waals surface area contributed by atoms with Crippen molar-refractivity contribution >= 4 is 5.91 Å². The van der Waals surface area contributed by atoms with Crippen molar-refractivity contribution in [2.75, 3.05) is 6.61 Å². The molecule has 4 unspecified atom stereocenters. The summed E-state index contributed by atoms with van der Waals surface area (Å²) >= 11 is 0. The average Bonchev–Trinajstić information content (AvgIpc) is 3.22. The molecule has 0 heterocycles. The summed E-state index contributed by atoms with van der Waals surface area (Å²) in [5, 5.41) is 43.5. The minimum Gasteiger partial charge on any atom is -0.394 e. The highest BCUT2D eigenvalue weighted by molar-refractivity contribution is 5.80. The zero-order valence-corrected chi connectivity index (χ0v) is 37.8. The van der Waals surface area contributed by atoms with Gasteiger partial charge in [0.1, 0.15) is 12.2 Å². The Morgan fingerprint density at radius 3 is 1.11 bits per heavy atom. The third-order valence-electron chi connectivity index (χ3n) is 11.6. The lowest BCUT2D eigenvalue weighted by Crippen LogP contribution is -2.53. The first-order valence-corrected chi connectivity index (χ1v) is 24.9. The van der Waals surface area contributed by atoms with E-state index in [1.165, 1.54) is 167 Å². The SMILES string of the molecule is CCCCCCCCCCCCCCCCCCCCC/C=C/CC/C=C/CC/C=C/CCCC(O)C(O)C(CO)NC(=O)C(O)CCCCCCCCCCC. The number of unbranched alkanes of at least 4 members (excludes halogenated alkanes) is 30. The van der Waals surface area contributed by atoms with E-state index in [1.54, 1.807) is 0 Å². The van der Waals surface area contributed by atoms with Crippen LogP contribution in [0.2, 0.25) is 0 Å². The minimum atomic E-state index is -1.29. The third-order valence-corrected chi connectivity index (χ3v) is 11.6. The molecule has 0 rings (SSSR count). The van der Waals surface area contributed by atoms with Crippen LogP contribution < -0.4 is 5.32 Å². The molecule has 6 heteroatoms. The van der Waals surface area contributed by atoms with E-state index in [0.29, 0.717) is 19.3 Å². The first kappa shape index (κ1) is 55.5. The summed E-state index contributed by atoms with van der Waals surface area (Å²) in [6, 6.07) is -1.01. The van der Waals surface area contributed by atoms with Gasteiger partial charge >= 0.3 is 0 Å². The lowest BCUT2D eigenvalue weighted by Gasteiger charge is -2.27. The van der Waals surface area contributed by atoms with Crippen molar-refractivity contribution in [3.8, 4) is 0 Å². The van der Waals surface area contributed by atoms with Gasteiger partial charge in [-0.3, -0.25) is 4.79 Å². The van der Waals surface area contributed by atoms with Gasteiger partial charge in [0.25, 0.3) is 0 Å². The fourth-order valence-corrected chi connectivity index (χ4v) is 7.61. The van der Waals surface area contributed by atoms with Crippen LogP contribution in [0.4, 0.5) is 0 Å². The molecule has 5 N–H and O–H groups in total. The van der Waals surface area contributed by atoms with Crippen LogP contribution in [0.3, 0.4) is 0 Å². The molecule has 0 aromatic carbocycles. The summed E-state index contributed by atoms with van der Waals surface area (Å²) in [6.07, 6.45) is 55.2. The van der Waals surface area contributed by atoms with Gasteiger partial charge in [-0.25, -0.2) is 0 Å². The van der Waals surface area contributed by atoms with Gasteiger partial charge in [-0.1, -0.05) is 224 Å². The van der Waals surface area contributed by atoms with Gasteiger partial charge in [0.05, 0.1) is 18.8 Å². The normalized spacial score (nSPS) is 14.3. The van der Waals surface area contributed by atoms with Gasteiger partial charge in [0, 0.05) is 0 Å². The van der Waals surface area contributed by atoms with Gasteiger partial charge < -0.3 is 25.7 Å². The number of aliphatic hydroxyl groups excluding tert-OH is 4. The molecule has 0 fully saturated rings. The average molecular weight is 804 g/mol. The Labute approximate surface area is 354 Å². The fraction of sp³-hybridized carbons (Fsp3) is 0.863. The van der Waals surface area contributed by atoms with E-state index < -0.39 is 36.9 Å². The molecule has 336 valence electrons.